The number of hydrogen-bond donors (Lipinski definition) is 0. The summed E-state index contributed by atoms with van der Waals surface area (Å²) in [6.45, 7) is 9.00. The molecule has 0 bridgehead atoms. The van der Waals surface area contributed by atoms with Crippen LogP contribution in [0.4, 0.5) is 0 Å². The van der Waals surface area contributed by atoms with Gasteiger partial charge in [-0.2, -0.15) is 0 Å². The molecule has 1 aromatic heterocycles. The number of nitrogens with zero attached hydrogens (tertiary/aromatic N) is 1. The van der Waals surface area contributed by atoms with Gasteiger partial charge in [0.15, 0.2) is 0 Å². The summed E-state index contributed by atoms with van der Waals surface area (Å²) in [4.78, 5) is 15.9. The van der Waals surface area contributed by atoms with E-state index in [0.717, 1.165) is 11.7 Å². The standard InChI is InChI=1S/C13H21NO2Si/c1-11(10-17(2,3)4)13(15)16-9-12-7-5-6-8-14-12/h5-8,11H,9-10H2,1-4H3. The molecule has 1 atom stereocenters. The molecule has 4 heteroatoms. The van der Waals surface area contributed by atoms with E-state index in [-0.39, 0.29) is 18.5 Å². The average Bonchev–Trinajstić information content (AvgIpc) is 2.25. The van der Waals surface area contributed by atoms with Gasteiger partial charge in [0.25, 0.3) is 0 Å². The van der Waals surface area contributed by atoms with E-state index >= 15 is 0 Å². The van der Waals surface area contributed by atoms with Crippen molar-refractivity contribution in [3.63, 3.8) is 0 Å². The minimum Gasteiger partial charge on any atom is -0.459 e. The molecule has 1 unspecified atom stereocenters. The topological polar surface area (TPSA) is 39.2 Å². The summed E-state index contributed by atoms with van der Waals surface area (Å²) in [6.07, 6.45) is 1.70. The molecule has 1 aromatic rings. The van der Waals surface area contributed by atoms with Crippen molar-refractivity contribution in [2.24, 2.45) is 5.92 Å². The molecule has 0 aromatic carbocycles. The molecule has 3 nitrogen and oxygen atoms in total. The second-order valence-electron chi connectivity index (χ2n) is 5.59. The number of esters is 1. The molecule has 0 saturated heterocycles. The third-order valence-corrected chi connectivity index (χ3v) is 4.25. The Morgan fingerprint density at radius 1 is 1.41 bits per heavy atom. The van der Waals surface area contributed by atoms with Gasteiger partial charge >= 0.3 is 5.97 Å². The Morgan fingerprint density at radius 2 is 2.12 bits per heavy atom. The highest BCUT2D eigenvalue weighted by Gasteiger charge is 2.23. The van der Waals surface area contributed by atoms with E-state index in [1.807, 2.05) is 25.1 Å². The van der Waals surface area contributed by atoms with Crippen LogP contribution in [0, 0.1) is 5.92 Å². The molecule has 0 N–H and O–H groups in total. The molecular weight excluding hydrogens is 230 g/mol. The van der Waals surface area contributed by atoms with Crippen molar-refractivity contribution in [1.29, 1.82) is 0 Å². The van der Waals surface area contributed by atoms with Gasteiger partial charge in [0, 0.05) is 14.3 Å². The monoisotopic (exact) mass is 251 g/mol. The quantitative estimate of drug-likeness (QED) is 0.596. The van der Waals surface area contributed by atoms with Gasteiger partial charge in [0.1, 0.15) is 6.61 Å². The van der Waals surface area contributed by atoms with Gasteiger partial charge < -0.3 is 4.74 Å². The first-order chi connectivity index (χ1) is 7.88. The fourth-order valence-electron chi connectivity index (χ4n) is 1.77. The number of carbonyl (C=O) groups excluding carboxylic acids is 1. The molecule has 0 saturated carbocycles. The van der Waals surface area contributed by atoms with E-state index in [9.17, 15) is 4.79 Å². The smallest absolute Gasteiger partial charge is 0.308 e. The molecule has 94 valence electrons. The van der Waals surface area contributed by atoms with Crippen LogP contribution < -0.4 is 0 Å². The van der Waals surface area contributed by atoms with Crippen LogP contribution in [-0.2, 0) is 16.1 Å². The summed E-state index contributed by atoms with van der Waals surface area (Å²) >= 11 is 0. The van der Waals surface area contributed by atoms with Gasteiger partial charge in [-0.1, -0.05) is 32.6 Å². The first-order valence-corrected chi connectivity index (χ1v) is 9.66. The van der Waals surface area contributed by atoms with Crippen LogP contribution in [0.1, 0.15) is 12.6 Å². The van der Waals surface area contributed by atoms with Crippen molar-refractivity contribution in [3.05, 3.63) is 30.1 Å². The van der Waals surface area contributed by atoms with Crippen LogP contribution >= 0.6 is 0 Å². The van der Waals surface area contributed by atoms with Crippen molar-refractivity contribution in [3.8, 4) is 0 Å². The zero-order valence-corrected chi connectivity index (χ0v) is 12.1. The Labute approximate surface area is 104 Å². The van der Waals surface area contributed by atoms with Crippen LogP contribution in [0.3, 0.4) is 0 Å². The lowest BCUT2D eigenvalue weighted by Crippen LogP contribution is -2.27. The van der Waals surface area contributed by atoms with E-state index in [2.05, 4.69) is 24.6 Å². The maximum Gasteiger partial charge on any atom is 0.308 e. The highest BCUT2D eigenvalue weighted by Crippen LogP contribution is 2.17. The molecule has 0 spiro atoms. The number of carbonyl (C=O) groups is 1. The van der Waals surface area contributed by atoms with Crippen LogP contribution in [0.15, 0.2) is 24.4 Å². The van der Waals surface area contributed by atoms with Crippen molar-refractivity contribution < 1.29 is 9.53 Å². The third-order valence-electron chi connectivity index (χ3n) is 2.41. The largest absolute Gasteiger partial charge is 0.459 e. The van der Waals surface area contributed by atoms with Crippen molar-refractivity contribution >= 4 is 14.0 Å². The second kappa shape index (κ2) is 5.96. The molecule has 0 radical (unpaired) electrons. The Kier molecular flexibility index (Phi) is 4.87. The van der Waals surface area contributed by atoms with Gasteiger partial charge in [0.05, 0.1) is 11.6 Å². The lowest BCUT2D eigenvalue weighted by molar-refractivity contribution is -0.148. The summed E-state index contributed by atoms with van der Waals surface area (Å²) in [5.41, 5.74) is 0.793. The molecule has 1 rings (SSSR count). The summed E-state index contributed by atoms with van der Waals surface area (Å²) < 4.78 is 5.26. The van der Waals surface area contributed by atoms with Gasteiger partial charge in [-0.05, 0) is 18.2 Å². The van der Waals surface area contributed by atoms with Crippen LogP contribution in [0.25, 0.3) is 0 Å². The zero-order valence-electron chi connectivity index (χ0n) is 11.1. The molecule has 0 aliphatic heterocycles. The van der Waals surface area contributed by atoms with Crippen molar-refractivity contribution in [1.82, 2.24) is 4.98 Å². The normalized spacial score (nSPS) is 13.2. The third kappa shape index (κ3) is 5.63. The molecule has 0 fully saturated rings. The molecule has 17 heavy (non-hydrogen) atoms. The molecule has 0 amide bonds. The molecule has 0 aliphatic carbocycles. The van der Waals surface area contributed by atoms with Gasteiger partial charge in [-0.15, -0.1) is 0 Å². The maximum atomic E-state index is 11.8. The zero-order chi connectivity index (χ0) is 12.9. The second-order valence-corrected chi connectivity index (χ2v) is 11.1. The fourth-order valence-corrected chi connectivity index (χ4v) is 3.78. The minimum atomic E-state index is -1.21. The molecular formula is C13H21NO2Si. The Hall–Kier alpha value is -1.16. The van der Waals surface area contributed by atoms with E-state index < -0.39 is 8.07 Å². The maximum absolute atomic E-state index is 11.8. The number of pyridine rings is 1. The predicted molar refractivity (Wildman–Crippen MR) is 71.4 cm³/mol. The van der Waals surface area contributed by atoms with Crippen LogP contribution in [0.5, 0.6) is 0 Å². The summed E-state index contributed by atoms with van der Waals surface area (Å²) in [6, 6.07) is 6.56. The van der Waals surface area contributed by atoms with Crippen molar-refractivity contribution in [2.45, 2.75) is 39.2 Å². The number of hydrogen-bond acceptors (Lipinski definition) is 3. The average molecular weight is 251 g/mol. The molecule has 0 aliphatic rings. The number of ether oxygens (including phenoxy) is 1. The Bertz CT molecular complexity index is 359. The Balaban J connectivity index is 2.40. The SMILES string of the molecule is CC(C[Si](C)(C)C)C(=O)OCc1ccccn1. The minimum absolute atomic E-state index is 0.00891. The van der Waals surface area contributed by atoms with E-state index in [1.54, 1.807) is 6.20 Å². The van der Waals surface area contributed by atoms with Gasteiger partial charge in [-0.3, -0.25) is 9.78 Å². The van der Waals surface area contributed by atoms with Gasteiger partial charge in [-0.25, -0.2) is 0 Å². The van der Waals surface area contributed by atoms with E-state index in [1.165, 1.54) is 0 Å². The number of aromatic nitrogens is 1. The summed E-state index contributed by atoms with van der Waals surface area (Å²) in [7, 11) is -1.21. The van der Waals surface area contributed by atoms with Crippen LogP contribution in [0.2, 0.25) is 25.7 Å². The number of rotatable bonds is 5. The summed E-state index contributed by atoms with van der Waals surface area (Å²) in [5, 5.41) is 0. The highest BCUT2D eigenvalue weighted by molar-refractivity contribution is 6.76. The Morgan fingerprint density at radius 3 is 2.65 bits per heavy atom. The van der Waals surface area contributed by atoms with E-state index in [4.69, 9.17) is 4.74 Å². The van der Waals surface area contributed by atoms with Crippen LogP contribution in [-0.4, -0.2) is 19.0 Å². The lowest BCUT2D eigenvalue weighted by atomic mass is 10.2. The first-order valence-electron chi connectivity index (χ1n) is 5.95. The van der Waals surface area contributed by atoms with E-state index in [0.29, 0.717) is 0 Å². The lowest BCUT2D eigenvalue weighted by Gasteiger charge is -2.20. The van der Waals surface area contributed by atoms with Gasteiger partial charge in [0.2, 0.25) is 0 Å². The summed E-state index contributed by atoms with van der Waals surface area (Å²) in [5.74, 6) is -0.122. The highest BCUT2D eigenvalue weighted by atomic mass is 28.3. The fraction of sp³-hybridized carbons (Fsp3) is 0.538. The predicted octanol–water partition coefficient (Wildman–Crippen LogP) is 3.10. The molecule has 1 heterocycles. The first kappa shape index (κ1) is 13.9. The van der Waals surface area contributed by atoms with Crippen molar-refractivity contribution in [2.75, 3.05) is 0 Å².